The molecule has 0 bridgehead atoms. The Morgan fingerprint density at radius 1 is 0.963 bits per heavy atom. The van der Waals surface area contributed by atoms with Crippen LogP contribution in [-0.4, -0.2) is 78.9 Å². The molecule has 0 fully saturated rings. The number of rotatable bonds is 14. The van der Waals surface area contributed by atoms with E-state index in [-0.39, 0.29) is 25.8 Å². The van der Waals surface area contributed by atoms with Gasteiger partial charge in [-0.2, -0.15) is 0 Å². The first-order valence-electron chi connectivity index (χ1n) is 8.07. The van der Waals surface area contributed by atoms with Gasteiger partial charge in [-0.3, -0.25) is 24.5 Å². The Hall–Kier alpha value is -2.99. The number of hydrogen-bond acceptors (Lipinski definition) is 7. The fourth-order valence-corrected chi connectivity index (χ4v) is 2.33. The summed E-state index contributed by atoms with van der Waals surface area (Å²) in [5.74, 6) is -5.01. The Kier molecular flexibility index (Phi) is 8.89. The van der Waals surface area contributed by atoms with Gasteiger partial charge in [0.05, 0.1) is 6.33 Å². The Labute approximate surface area is 153 Å². The molecule has 1 heterocycles. The number of H-pyrrole nitrogens is 1. The first-order valence-corrected chi connectivity index (χ1v) is 8.07. The normalized spacial score (nSPS) is 14.2. The topological polar surface area (TPSA) is 202 Å². The molecule has 12 nitrogen and oxygen atoms in total. The highest BCUT2D eigenvalue weighted by Crippen LogP contribution is 2.04. The van der Waals surface area contributed by atoms with Crippen molar-refractivity contribution in [2.24, 2.45) is 0 Å². The second kappa shape index (κ2) is 10.9. The van der Waals surface area contributed by atoms with Crippen LogP contribution in [0, 0.1) is 0 Å². The highest BCUT2D eigenvalue weighted by molar-refractivity contribution is 5.78. The van der Waals surface area contributed by atoms with Gasteiger partial charge >= 0.3 is 23.9 Å². The SMILES string of the molecule is O=C(O)CCC(NC(CCNC(Cc1cnc[nH]1)C(=O)O)C(=O)O)C(=O)O. The van der Waals surface area contributed by atoms with Crippen molar-refractivity contribution in [2.75, 3.05) is 6.54 Å². The summed E-state index contributed by atoms with van der Waals surface area (Å²) in [5.41, 5.74) is 0.586. The fourth-order valence-electron chi connectivity index (χ4n) is 2.33. The second-order valence-electron chi connectivity index (χ2n) is 5.80. The van der Waals surface area contributed by atoms with Crippen LogP contribution in [0.3, 0.4) is 0 Å². The number of hydrogen-bond donors (Lipinski definition) is 7. The molecule has 27 heavy (non-hydrogen) atoms. The van der Waals surface area contributed by atoms with E-state index in [1.54, 1.807) is 0 Å². The Morgan fingerprint density at radius 3 is 2.04 bits per heavy atom. The molecule has 150 valence electrons. The van der Waals surface area contributed by atoms with E-state index in [1.807, 2.05) is 0 Å². The highest BCUT2D eigenvalue weighted by atomic mass is 16.4. The summed E-state index contributed by atoms with van der Waals surface area (Å²) >= 11 is 0. The summed E-state index contributed by atoms with van der Waals surface area (Å²) < 4.78 is 0. The van der Waals surface area contributed by atoms with E-state index in [4.69, 9.17) is 10.2 Å². The van der Waals surface area contributed by atoms with Gasteiger partial charge in [0, 0.05) is 24.7 Å². The van der Waals surface area contributed by atoms with Crippen molar-refractivity contribution in [3.05, 3.63) is 18.2 Å². The van der Waals surface area contributed by atoms with Crippen molar-refractivity contribution >= 4 is 23.9 Å². The van der Waals surface area contributed by atoms with Gasteiger partial charge < -0.3 is 30.7 Å². The van der Waals surface area contributed by atoms with Gasteiger partial charge in [-0.15, -0.1) is 0 Å². The molecule has 3 unspecified atom stereocenters. The molecule has 0 saturated heterocycles. The predicted octanol–water partition coefficient (Wildman–Crippen LogP) is -1.25. The molecule has 1 aromatic heterocycles. The summed E-state index contributed by atoms with van der Waals surface area (Å²) in [6.45, 7) is -0.0136. The van der Waals surface area contributed by atoms with E-state index in [1.165, 1.54) is 12.5 Å². The number of carboxylic acids is 4. The zero-order valence-corrected chi connectivity index (χ0v) is 14.3. The number of carbonyl (C=O) groups is 4. The van der Waals surface area contributed by atoms with Crippen molar-refractivity contribution in [2.45, 2.75) is 43.8 Å². The maximum Gasteiger partial charge on any atom is 0.321 e. The Balaban J connectivity index is 2.59. The van der Waals surface area contributed by atoms with Gasteiger partial charge in [-0.25, -0.2) is 4.98 Å². The molecular formula is C15H22N4O8. The van der Waals surface area contributed by atoms with Crippen LogP contribution < -0.4 is 10.6 Å². The summed E-state index contributed by atoms with van der Waals surface area (Å²) in [4.78, 5) is 50.9. The summed E-state index contributed by atoms with van der Waals surface area (Å²) in [7, 11) is 0. The van der Waals surface area contributed by atoms with Gasteiger partial charge in [0.15, 0.2) is 0 Å². The number of carboxylic acid groups (broad SMARTS) is 4. The van der Waals surface area contributed by atoms with Crippen LogP contribution in [0.25, 0.3) is 0 Å². The Bertz CT molecular complexity index is 648. The van der Waals surface area contributed by atoms with Crippen LogP contribution in [-0.2, 0) is 25.6 Å². The molecule has 12 heteroatoms. The lowest BCUT2D eigenvalue weighted by molar-refractivity contribution is -0.143. The van der Waals surface area contributed by atoms with E-state index in [0.29, 0.717) is 5.69 Å². The standard InChI is InChI=1S/C15H22N4O8/c20-12(21)2-1-9(13(22)23)19-10(14(24)25)3-4-17-11(15(26)27)5-8-6-16-7-18-8/h6-7,9-11,17,19H,1-5H2,(H,16,18)(H,20,21)(H,22,23)(H,24,25)(H,26,27). The quantitative estimate of drug-likeness (QED) is 0.201. The van der Waals surface area contributed by atoms with Gasteiger partial charge in [0.2, 0.25) is 0 Å². The molecule has 1 rings (SSSR count). The minimum atomic E-state index is -1.36. The van der Waals surface area contributed by atoms with Gasteiger partial charge in [-0.05, 0) is 19.4 Å². The van der Waals surface area contributed by atoms with Crippen molar-refractivity contribution in [3.63, 3.8) is 0 Å². The number of nitrogens with one attached hydrogen (secondary N) is 3. The van der Waals surface area contributed by atoms with Crippen LogP contribution in [0.4, 0.5) is 0 Å². The lowest BCUT2D eigenvalue weighted by Crippen LogP contribution is -2.49. The minimum Gasteiger partial charge on any atom is -0.481 e. The van der Waals surface area contributed by atoms with E-state index >= 15 is 0 Å². The molecule has 0 aliphatic heterocycles. The van der Waals surface area contributed by atoms with E-state index in [9.17, 15) is 29.4 Å². The molecule has 0 saturated carbocycles. The molecule has 3 atom stereocenters. The van der Waals surface area contributed by atoms with Gasteiger partial charge in [0.25, 0.3) is 0 Å². The maximum absolute atomic E-state index is 11.3. The van der Waals surface area contributed by atoms with Crippen molar-refractivity contribution < 1.29 is 39.6 Å². The molecule has 0 aliphatic carbocycles. The van der Waals surface area contributed by atoms with Crippen LogP contribution in [0.15, 0.2) is 12.5 Å². The predicted molar refractivity (Wildman–Crippen MR) is 89.2 cm³/mol. The highest BCUT2D eigenvalue weighted by Gasteiger charge is 2.27. The summed E-state index contributed by atoms with van der Waals surface area (Å²) in [6, 6.07) is -3.61. The molecule has 0 spiro atoms. The minimum absolute atomic E-state index is 0.0136. The van der Waals surface area contributed by atoms with E-state index in [2.05, 4.69) is 20.6 Å². The van der Waals surface area contributed by atoms with Crippen LogP contribution in [0.2, 0.25) is 0 Å². The van der Waals surface area contributed by atoms with Gasteiger partial charge in [-0.1, -0.05) is 0 Å². The third-order valence-electron chi connectivity index (χ3n) is 3.75. The Morgan fingerprint density at radius 2 is 1.56 bits per heavy atom. The second-order valence-corrected chi connectivity index (χ2v) is 5.80. The third-order valence-corrected chi connectivity index (χ3v) is 3.75. The molecule has 0 aromatic carbocycles. The molecule has 7 N–H and O–H groups in total. The summed E-state index contributed by atoms with van der Waals surface area (Å²) in [5, 5.41) is 41.3. The number of nitrogens with zero attached hydrogens (tertiary/aromatic N) is 1. The summed E-state index contributed by atoms with van der Waals surface area (Å²) in [6.07, 6.45) is 2.18. The molecule has 1 aromatic rings. The number of aliphatic carboxylic acids is 4. The van der Waals surface area contributed by atoms with E-state index in [0.717, 1.165) is 0 Å². The van der Waals surface area contributed by atoms with Crippen molar-refractivity contribution in [1.29, 1.82) is 0 Å². The zero-order chi connectivity index (χ0) is 20.4. The lowest BCUT2D eigenvalue weighted by atomic mass is 10.1. The molecule has 0 aliphatic rings. The lowest BCUT2D eigenvalue weighted by Gasteiger charge is -2.21. The third kappa shape index (κ3) is 8.29. The van der Waals surface area contributed by atoms with Crippen LogP contribution in [0.1, 0.15) is 25.0 Å². The average Bonchev–Trinajstić information content (AvgIpc) is 3.07. The first-order chi connectivity index (χ1) is 12.7. The number of aromatic nitrogens is 2. The maximum atomic E-state index is 11.3. The molecule has 0 radical (unpaired) electrons. The average molecular weight is 386 g/mol. The first kappa shape index (κ1) is 22.1. The molecular weight excluding hydrogens is 364 g/mol. The smallest absolute Gasteiger partial charge is 0.321 e. The van der Waals surface area contributed by atoms with Crippen LogP contribution in [0.5, 0.6) is 0 Å². The number of imidazole rings is 1. The van der Waals surface area contributed by atoms with E-state index < -0.39 is 48.4 Å². The van der Waals surface area contributed by atoms with Gasteiger partial charge in [0.1, 0.15) is 18.1 Å². The zero-order valence-electron chi connectivity index (χ0n) is 14.3. The van der Waals surface area contributed by atoms with Crippen molar-refractivity contribution in [3.8, 4) is 0 Å². The van der Waals surface area contributed by atoms with Crippen LogP contribution >= 0.6 is 0 Å². The van der Waals surface area contributed by atoms with Crippen molar-refractivity contribution in [1.82, 2.24) is 20.6 Å². The largest absolute Gasteiger partial charge is 0.481 e. The fraction of sp³-hybridized carbons (Fsp3) is 0.533. The molecule has 0 amide bonds. The number of aromatic amines is 1. The monoisotopic (exact) mass is 386 g/mol.